The predicted octanol–water partition coefficient (Wildman–Crippen LogP) is 20.5. The highest BCUT2D eigenvalue weighted by Crippen LogP contribution is 2.45. The quantitative estimate of drug-likeness (QED) is 0.0222. The molecular weight excluding hydrogens is 1190 g/mol. The van der Waals surface area contributed by atoms with E-state index in [1.54, 1.807) is 0 Å². The second-order valence-electron chi connectivity index (χ2n) is 26.1. The monoisotopic (exact) mass is 1320 g/mol. The van der Waals surface area contributed by atoms with E-state index in [-0.39, 0.29) is 25.7 Å². The van der Waals surface area contributed by atoms with E-state index < -0.39 is 97.5 Å². The van der Waals surface area contributed by atoms with Gasteiger partial charge in [0.2, 0.25) is 0 Å². The lowest BCUT2D eigenvalue weighted by Gasteiger charge is -2.21. The van der Waals surface area contributed by atoms with Crippen LogP contribution in [0.3, 0.4) is 0 Å². The van der Waals surface area contributed by atoms with Gasteiger partial charge in [0.05, 0.1) is 26.4 Å². The fraction of sp³-hybridized carbons (Fsp3) is 0.944. The van der Waals surface area contributed by atoms with Gasteiger partial charge in [-0.05, 0) is 31.6 Å². The Morgan fingerprint density at radius 1 is 0.300 bits per heavy atom. The van der Waals surface area contributed by atoms with Gasteiger partial charge in [0.1, 0.15) is 19.3 Å². The lowest BCUT2D eigenvalue weighted by atomic mass is 10.0. The van der Waals surface area contributed by atoms with Crippen molar-refractivity contribution in [1.29, 1.82) is 0 Å². The van der Waals surface area contributed by atoms with Gasteiger partial charge >= 0.3 is 39.5 Å². The van der Waals surface area contributed by atoms with Crippen LogP contribution in [0, 0.1) is 5.92 Å². The van der Waals surface area contributed by atoms with Crippen LogP contribution < -0.4 is 0 Å². The summed E-state index contributed by atoms with van der Waals surface area (Å²) in [4.78, 5) is 72.6. The van der Waals surface area contributed by atoms with Crippen molar-refractivity contribution in [2.24, 2.45) is 5.92 Å². The summed E-state index contributed by atoms with van der Waals surface area (Å²) in [6.07, 6.45) is 51.3. The molecule has 0 heterocycles. The van der Waals surface area contributed by atoms with E-state index in [9.17, 15) is 43.2 Å². The largest absolute Gasteiger partial charge is 0.472 e. The van der Waals surface area contributed by atoms with Crippen molar-refractivity contribution in [1.82, 2.24) is 0 Å². The third-order valence-corrected chi connectivity index (χ3v) is 18.4. The highest BCUT2D eigenvalue weighted by atomic mass is 31.2. The van der Waals surface area contributed by atoms with E-state index in [1.165, 1.54) is 186 Å². The molecule has 0 radical (unpaired) electrons. The fourth-order valence-electron chi connectivity index (χ4n) is 10.8. The lowest BCUT2D eigenvalue weighted by Crippen LogP contribution is -2.30. The summed E-state index contributed by atoms with van der Waals surface area (Å²) >= 11 is 0. The summed E-state index contributed by atoms with van der Waals surface area (Å²) < 4.78 is 68.3. The topological polar surface area (TPSA) is 237 Å². The molecule has 5 atom stereocenters. The van der Waals surface area contributed by atoms with Crippen LogP contribution >= 0.6 is 15.6 Å². The molecule has 0 aliphatic rings. The zero-order chi connectivity index (χ0) is 66.3. The van der Waals surface area contributed by atoms with Gasteiger partial charge in [0, 0.05) is 25.7 Å². The van der Waals surface area contributed by atoms with Gasteiger partial charge in [-0.2, -0.15) is 0 Å². The van der Waals surface area contributed by atoms with Gasteiger partial charge in [-0.25, -0.2) is 9.13 Å². The third-order valence-electron chi connectivity index (χ3n) is 16.5. The molecule has 19 heteroatoms. The van der Waals surface area contributed by atoms with Gasteiger partial charge < -0.3 is 33.8 Å². The first-order valence-electron chi connectivity index (χ1n) is 37.1. The Morgan fingerprint density at radius 3 is 0.756 bits per heavy atom. The fourth-order valence-corrected chi connectivity index (χ4v) is 12.4. The summed E-state index contributed by atoms with van der Waals surface area (Å²) in [5, 5.41) is 10.6. The summed E-state index contributed by atoms with van der Waals surface area (Å²) in [6, 6.07) is 0. The maximum absolute atomic E-state index is 13.0. The average Bonchev–Trinajstić information content (AvgIpc) is 3.39. The second-order valence-corrected chi connectivity index (χ2v) is 29.0. The summed E-state index contributed by atoms with van der Waals surface area (Å²) in [5.74, 6) is -1.44. The number of phosphoric ester groups is 2. The van der Waals surface area contributed by atoms with Crippen LogP contribution in [-0.4, -0.2) is 96.7 Å². The number of unbranched alkanes of at least 4 members (excludes halogenated alkanes) is 43. The molecular formula is C71H138O17P2. The number of phosphoric acid groups is 2. The Kier molecular flexibility index (Phi) is 63.0. The minimum absolute atomic E-state index is 0.107. The van der Waals surface area contributed by atoms with Crippen molar-refractivity contribution in [3.05, 3.63) is 0 Å². The van der Waals surface area contributed by atoms with Crippen LogP contribution in [0.25, 0.3) is 0 Å². The van der Waals surface area contributed by atoms with E-state index in [0.717, 1.165) is 96.3 Å². The Labute approximate surface area is 549 Å². The molecule has 0 amide bonds. The Bertz CT molecular complexity index is 1740. The first-order chi connectivity index (χ1) is 43.5. The van der Waals surface area contributed by atoms with Crippen molar-refractivity contribution >= 4 is 39.5 Å². The van der Waals surface area contributed by atoms with E-state index in [0.29, 0.717) is 31.6 Å². The standard InChI is InChI=1S/C71H138O17P2/c1-6-9-12-15-18-21-24-27-28-31-34-37-40-47-52-57-70(75)87-66(60-81-68(73)54-49-44-38-35-32-29-25-22-19-16-13-10-7-2)62-85-89(77,78)83-58-65(72)59-84-90(79,80)86-63-67(61-82-69(74)55-50-45-42-41-43-48-53-64(4)5)88-71(76)56-51-46-39-36-33-30-26-23-20-17-14-11-8-3/h64-67,72H,6-63H2,1-5H3,(H,77,78)(H,79,80)/t65-,66-,67-/m1/s1. The number of rotatable bonds is 71. The number of carbonyl (C=O) groups excluding carboxylic acids is 4. The van der Waals surface area contributed by atoms with Gasteiger partial charge in [0.25, 0.3) is 0 Å². The number of esters is 4. The van der Waals surface area contributed by atoms with E-state index in [2.05, 4.69) is 34.6 Å². The van der Waals surface area contributed by atoms with Crippen LogP contribution in [0.5, 0.6) is 0 Å². The molecule has 0 aliphatic heterocycles. The molecule has 0 aromatic carbocycles. The number of aliphatic hydroxyl groups is 1. The summed E-state index contributed by atoms with van der Waals surface area (Å²) in [6.45, 7) is 7.18. The number of hydrogen-bond donors (Lipinski definition) is 3. The molecule has 3 N–H and O–H groups in total. The molecule has 0 aromatic heterocycles. The molecule has 0 rings (SSSR count). The molecule has 0 saturated carbocycles. The van der Waals surface area contributed by atoms with Crippen LogP contribution in [-0.2, 0) is 65.4 Å². The zero-order valence-electron chi connectivity index (χ0n) is 58.3. The Hall–Kier alpha value is -1.94. The molecule has 90 heavy (non-hydrogen) atoms. The van der Waals surface area contributed by atoms with Crippen molar-refractivity contribution in [3.8, 4) is 0 Å². The molecule has 0 aliphatic carbocycles. The number of aliphatic hydroxyl groups excluding tert-OH is 1. The molecule has 17 nitrogen and oxygen atoms in total. The molecule has 2 unspecified atom stereocenters. The maximum atomic E-state index is 13.0. The van der Waals surface area contributed by atoms with Gasteiger partial charge in [-0.3, -0.25) is 37.3 Å². The van der Waals surface area contributed by atoms with Gasteiger partial charge in [-0.15, -0.1) is 0 Å². The highest BCUT2D eigenvalue weighted by Gasteiger charge is 2.30. The third kappa shape index (κ3) is 64.8. The molecule has 0 saturated heterocycles. The van der Waals surface area contributed by atoms with E-state index in [4.69, 9.17) is 37.0 Å². The number of ether oxygens (including phenoxy) is 4. The van der Waals surface area contributed by atoms with E-state index in [1.807, 2.05) is 0 Å². The number of carbonyl (C=O) groups is 4. The average molecular weight is 1330 g/mol. The SMILES string of the molecule is CCCCCCCCCCCCCCCCCC(=O)O[C@H](COC(=O)CCCCCCCCCCCCCCC)COP(=O)(O)OC[C@@H](O)COP(=O)(O)OC[C@@H](COC(=O)CCCCCCCCC(C)C)OC(=O)CCCCCCCCCCCCCCC. The highest BCUT2D eigenvalue weighted by molar-refractivity contribution is 7.47. The van der Waals surface area contributed by atoms with Crippen LogP contribution in [0.4, 0.5) is 0 Å². The van der Waals surface area contributed by atoms with Gasteiger partial charge in [-0.1, -0.05) is 317 Å². The zero-order valence-corrected chi connectivity index (χ0v) is 60.1. The van der Waals surface area contributed by atoms with Crippen molar-refractivity contribution in [2.75, 3.05) is 39.6 Å². The maximum Gasteiger partial charge on any atom is 0.472 e. The second kappa shape index (κ2) is 64.4. The van der Waals surface area contributed by atoms with Crippen LogP contribution in [0.2, 0.25) is 0 Å². The lowest BCUT2D eigenvalue weighted by molar-refractivity contribution is -0.161. The smallest absolute Gasteiger partial charge is 0.462 e. The van der Waals surface area contributed by atoms with Crippen molar-refractivity contribution in [2.45, 2.75) is 387 Å². The summed E-state index contributed by atoms with van der Waals surface area (Å²) in [5.41, 5.74) is 0. The van der Waals surface area contributed by atoms with Crippen LogP contribution in [0.1, 0.15) is 369 Å². The molecule has 0 spiro atoms. The Morgan fingerprint density at radius 2 is 0.511 bits per heavy atom. The van der Waals surface area contributed by atoms with Gasteiger partial charge in [0.15, 0.2) is 12.2 Å². The van der Waals surface area contributed by atoms with Crippen molar-refractivity contribution in [3.63, 3.8) is 0 Å². The first kappa shape index (κ1) is 88.1. The minimum Gasteiger partial charge on any atom is -0.462 e. The minimum atomic E-state index is -4.95. The van der Waals surface area contributed by atoms with Crippen molar-refractivity contribution < 1.29 is 80.2 Å². The summed E-state index contributed by atoms with van der Waals surface area (Å²) in [7, 11) is -9.90. The van der Waals surface area contributed by atoms with Crippen LogP contribution in [0.15, 0.2) is 0 Å². The Balaban J connectivity index is 5.24. The molecule has 0 aromatic rings. The first-order valence-corrected chi connectivity index (χ1v) is 40.1. The molecule has 0 fully saturated rings. The molecule has 534 valence electrons. The molecule has 0 bridgehead atoms. The number of hydrogen-bond acceptors (Lipinski definition) is 15. The normalized spacial score (nSPS) is 14.1. The van der Waals surface area contributed by atoms with E-state index >= 15 is 0 Å². The predicted molar refractivity (Wildman–Crippen MR) is 363 cm³/mol.